The summed E-state index contributed by atoms with van der Waals surface area (Å²) in [5.41, 5.74) is 2.68. The van der Waals surface area contributed by atoms with Crippen molar-refractivity contribution in [3.63, 3.8) is 0 Å². The number of benzene rings is 2. The third kappa shape index (κ3) is 4.72. The van der Waals surface area contributed by atoms with Gasteiger partial charge in [0, 0.05) is 32.7 Å². The van der Waals surface area contributed by atoms with Gasteiger partial charge in [0.05, 0.1) is 23.2 Å². The molecule has 1 aromatic heterocycles. The molecule has 1 atom stereocenters. The Hall–Kier alpha value is -3.48. The maximum absolute atomic E-state index is 9.51. The lowest BCUT2D eigenvalue weighted by Gasteiger charge is -2.39. The predicted octanol–water partition coefficient (Wildman–Crippen LogP) is 3.33. The first-order valence-corrected chi connectivity index (χ1v) is 12.1. The van der Waals surface area contributed by atoms with E-state index in [1.807, 2.05) is 28.9 Å². The second kappa shape index (κ2) is 9.64. The lowest BCUT2D eigenvalue weighted by Crippen LogP contribution is -2.48. The highest BCUT2D eigenvalue weighted by atomic mass is 16.7. The molecule has 0 spiro atoms. The Labute approximate surface area is 205 Å². The summed E-state index contributed by atoms with van der Waals surface area (Å²) >= 11 is 0. The van der Waals surface area contributed by atoms with Crippen LogP contribution in [0, 0.1) is 11.3 Å². The van der Waals surface area contributed by atoms with Crippen molar-refractivity contribution < 1.29 is 9.47 Å². The zero-order chi connectivity index (χ0) is 24.4. The molecular weight excluding hydrogens is 442 g/mol. The van der Waals surface area contributed by atoms with Crippen molar-refractivity contribution in [3.8, 4) is 17.6 Å². The van der Waals surface area contributed by atoms with Crippen LogP contribution in [0.25, 0.3) is 0 Å². The monoisotopic (exact) mass is 473 g/mol. The third-order valence-electron chi connectivity index (χ3n) is 7.12. The number of ether oxygens (including phenoxy) is 2. The molecule has 1 saturated heterocycles. The van der Waals surface area contributed by atoms with Crippen LogP contribution in [0.5, 0.6) is 11.5 Å². The summed E-state index contributed by atoms with van der Waals surface area (Å²) in [6.07, 6.45) is 0.902. The Morgan fingerprint density at radius 1 is 1.06 bits per heavy atom. The number of rotatable bonds is 7. The van der Waals surface area contributed by atoms with Crippen molar-refractivity contribution in [2.75, 3.05) is 33.0 Å². The average Bonchev–Trinajstić information content (AvgIpc) is 3.55. The molecule has 2 aromatic carbocycles. The quantitative estimate of drug-likeness (QED) is 0.516. The van der Waals surface area contributed by atoms with E-state index in [1.54, 1.807) is 0 Å². The fourth-order valence-electron chi connectivity index (χ4n) is 4.72. The van der Waals surface area contributed by atoms with Crippen LogP contribution in [0.1, 0.15) is 55.7 Å². The van der Waals surface area contributed by atoms with Gasteiger partial charge >= 0.3 is 0 Å². The number of hydrogen-bond donors (Lipinski definition) is 0. The minimum Gasteiger partial charge on any atom is -0.454 e. The molecule has 9 nitrogen and oxygen atoms in total. The van der Waals surface area contributed by atoms with Gasteiger partial charge in [0.15, 0.2) is 17.3 Å². The number of tetrazole rings is 1. The maximum atomic E-state index is 9.51. The standard InChI is InChI=1S/C26H31N7O2/c1-4-26(2,3)33-25(28-29-30-33)24(21-7-5-6-19(14-21)16-27)32-12-10-31(11-13-32)17-20-8-9-22-23(15-20)35-18-34-22/h5-9,14-15,24H,4,10-13,17-18H2,1-3H3/t24-/m0/s1. The van der Waals surface area contributed by atoms with Crippen LogP contribution in [-0.4, -0.2) is 63.0 Å². The van der Waals surface area contributed by atoms with E-state index < -0.39 is 0 Å². The van der Waals surface area contributed by atoms with Gasteiger partial charge < -0.3 is 9.47 Å². The van der Waals surface area contributed by atoms with Crippen LogP contribution in [0.2, 0.25) is 0 Å². The van der Waals surface area contributed by atoms with E-state index in [-0.39, 0.29) is 11.6 Å². The Balaban J connectivity index is 1.38. The molecule has 0 aliphatic carbocycles. The molecule has 0 N–H and O–H groups in total. The summed E-state index contributed by atoms with van der Waals surface area (Å²) in [4.78, 5) is 4.89. The Morgan fingerprint density at radius 2 is 1.86 bits per heavy atom. The van der Waals surface area contributed by atoms with Gasteiger partial charge in [-0.05, 0) is 66.1 Å². The molecule has 0 amide bonds. The Bertz CT molecular complexity index is 1220. The van der Waals surface area contributed by atoms with Crippen molar-refractivity contribution in [2.24, 2.45) is 0 Å². The zero-order valence-electron chi connectivity index (χ0n) is 20.5. The first-order valence-electron chi connectivity index (χ1n) is 12.1. The molecule has 3 heterocycles. The van der Waals surface area contributed by atoms with Crippen LogP contribution in [-0.2, 0) is 12.1 Å². The van der Waals surface area contributed by atoms with Gasteiger partial charge in [-0.25, -0.2) is 4.68 Å². The van der Waals surface area contributed by atoms with Gasteiger partial charge in [-0.15, -0.1) is 5.10 Å². The Morgan fingerprint density at radius 3 is 2.63 bits per heavy atom. The molecule has 3 aromatic rings. The van der Waals surface area contributed by atoms with Crippen LogP contribution in [0.15, 0.2) is 42.5 Å². The van der Waals surface area contributed by atoms with Crippen molar-refractivity contribution in [3.05, 3.63) is 65.0 Å². The normalized spacial score (nSPS) is 17.3. The van der Waals surface area contributed by atoms with Gasteiger partial charge in [-0.3, -0.25) is 9.80 Å². The fourth-order valence-corrected chi connectivity index (χ4v) is 4.72. The summed E-state index contributed by atoms with van der Waals surface area (Å²) in [7, 11) is 0. The third-order valence-corrected chi connectivity index (χ3v) is 7.12. The summed E-state index contributed by atoms with van der Waals surface area (Å²) in [5, 5.41) is 22.4. The van der Waals surface area contributed by atoms with Crippen LogP contribution < -0.4 is 9.47 Å². The highest BCUT2D eigenvalue weighted by Crippen LogP contribution is 2.34. The molecule has 2 aliphatic heterocycles. The van der Waals surface area contributed by atoms with E-state index in [0.29, 0.717) is 12.4 Å². The van der Waals surface area contributed by atoms with E-state index >= 15 is 0 Å². The molecule has 9 heteroatoms. The van der Waals surface area contributed by atoms with Crippen LogP contribution in [0.4, 0.5) is 0 Å². The first-order chi connectivity index (χ1) is 17.0. The van der Waals surface area contributed by atoms with Gasteiger partial charge in [0.1, 0.15) is 0 Å². The summed E-state index contributed by atoms with van der Waals surface area (Å²) < 4.78 is 12.9. The molecule has 0 radical (unpaired) electrons. The molecule has 5 rings (SSSR count). The molecule has 35 heavy (non-hydrogen) atoms. The lowest BCUT2D eigenvalue weighted by atomic mass is 9.98. The number of nitriles is 1. The molecule has 2 aliphatic rings. The van der Waals surface area contributed by atoms with Gasteiger partial charge in [0.2, 0.25) is 6.79 Å². The number of piperazine rings is 1. The summed E-state index contributed by atoms with van der Waals surface area (Å²) in [6, 6.07) is 16.1. The second-order valence-electron chi connectivity index (χ2n) is 9.75. The number of aromatic nitrogens is 4. The van der Waals surface area contributed by atoms with E-state index in [9.17, 15) is 5.26 Å². The van der Waals surface area contributed by atoms with Gasteiger partial charge in [-0.2, -0.15) is 5.26 Å². The topological polar surface area (TPSA) is 92.3 Å². The molecule has 0 saturated carbocycles. The minimum absolute atomic E-state index is 0.128. The van der Waals surface area contributed by atoms with Crippen LogP contribution in [0.3, 0.4) is 0 Å². The molecule has 1 fully saturated rings. The van der Waals surface area contributed by atoms with Gasteiger partial charge in [0.25, 0.3) is 0 Å². The smallest absolute Gasteiger partial charge is 0.231 e. The predicted molar refractivity (Wildman–Crippen MR) is 130 cm³/mol. The van der Waals surface area contributed by atoms with Crippen molar-refractivity contribution in [2.45, 2.75) is 45.3 Å². The summed E-state index contributed by atoms with van der Waals surface area (Å²) in [6.45, 7) is 11.2. The molecule has 0 bridgehead atoms. The van der Waals surface area contributed by atoms with Crippen molar-refractivity contribution in [1.82, 2.24) is 30.0 Å². The van der Waals surface area contributed by atoms with Gasteiger partial charge in [-0.1, -0.05) is 25.1 Å². The molecule has 182 valence electrons. The van der Waals surface area contributed by atoms with Crippen molar-refractivity contribution in [1.29, 1.82) is 5.26 Å². The van der Waals surface area contributed by atoms with Crippen LogP contribution >= 0.6 is 0 Å². The Kier molecular flexibility index (Phi) is 6.41. The number of nitrogens with zero attached hydrogens (tertiary/aromatic N) is 7. The van der Waals surface area contributed by atoms with E-state index in [1.165, 1.54) is 5.56 Å². The zero-order valence-corrected chi connectivity index (χ0v) is 20.5. The largest absolute Gasteiger partial charge is 0.454 e. The van der Waals surface area contributed by atoms with E-state index in [0.717, 1.165) is 62.0 Å². The molecular formula is C26H31N7O2. The molecule has 0 unspecified atom stereocenters. The lowest BCUT2D eigenvalue weighted by molar-refractivity contribution is 0.0972. The maximum Gasteiger partial charge on any atom is 0.231 e. The SMILES string of the molecule is CCC(C)(C)n1nnnc1[C@H](c1cccc(C#N)c1)N1CCN(Cc2ccc3c(c2)OCO3)CC1. The van der Waals surface area contributed by atoms with E-state index in [4.69, 9.17) is 9.47 Å². The second-order valence-corrected chi connectivity index (χ2v) is 9.75. The summed E-state index contributed by atoms with van der Waals surface area (Å²) in [5.74, 6) is 2.45. The highest BCUT2D eigenvalue weighted by molar-refractivity contribution is 5.44. The highest BCUT2D eigenvalue weighted by Gasteiger charge is 2.34. The van der Waals surface area contributed by atoms with E-state index in [2.05, 4.69) is 70.4 Å². The number of fused-ring (bicyclic) bond motifs is 1. The number of hydrogen-bond acceptors (Lipinski definition) is 8. The first kappa shape index (κ1) is 23.3. The van der Waals surface area contributed by atoms with Crippen molar-refractivity contribution >= 4 is 0 Å². The minimum atomic E-state index is -0.217. The average molecular weight is 474 g/mol. The fraction of sp³-hybridized carbons (Fsp3) is 0.462.